The number of carbonyl (C=O) groups is 1. The summed E-state index contributed by atoms with van der Waals surface area (Å²) < 4.78 is 47.6. The first kappa shape index (κ1) is 21.0. The van der Waals surface area contributed by atoms with Crippen LogP contribution in [-0.2, 0) is 19.3 Å². The Labute approximate surface area is 184 Å². The fraction of sp³-hybridized carbons (Fsp3) is 0.273. The molecule has 33 heavy (non-hydrogen) atoms. The SMILES string of the molecule is Cc1cn(-c2ccc3n(c2=O)C[C@@H](C)N(Cc2noc4ccc(C(F)(F)F)cc24)C3=O)cn1. The van der Waals surface area contributed by atoms with Crippen molar-refractivity contribution in [3.8, 4) is 5.69 Å². The maximum Gasteiger partial charge on any atom is 0.416 e. The van der Waals surface area contributed by atoms with Crippen molar-refractivity contribution in [2.75, 3.05) is 0 Å². The van der Waals surface area contributed by atoms with E-state index in [9.17, 15) is 22.8 Å². The molecule has 0 N–H and O–H groups in total. The number of benzene rings is 1. The molecule has 5 rings (SSSR count). The molecule has 3 aromatic heterocycles. The largest absolute Gasteiger partial charge is 0.416 e. The highest BCUT2D eigenvalue weighted by Crippen LogP contribution is 2.33. The molecule has 1 aliphatic heterocycles. The topological polar surface area (TPSA) is 86.2 Å². The number of hydrogen-bond donors (Lipinski definition) is 0. The number of carbonyl (C=O) groups excluding carboxylic acids is 1. The first-order valence-corrected chi connectivity index (χ1v) is 10.1. The molecule has 8 nitrogen and oxygen atoms in total. The average Bonchev–Trinajstić information content (AvgIpc) is 3.37. The molecule has 0 saturated heterocycles. The number of rotatable bonds is 3. The van der Waals surface area contributed by atoms with Gasteiger partial charge in [0.1, 0.15) is 17.1 Å². The maximum atomic E-state index is 13.2. The van der Waals surface area contributed by atoms with E-state index in [2.05, 4.69) is 10.1 Å². The number of hydrogen-bond acceptors (Lipinski definition) is 5. The normalized spacial score (nSPS) is 16.5. The summed E-state index contributed by atoms with van der Waals surface area (Å²) in [4.78, 5) is 31.9. The van der Waals surface area contributed by atoms with E-state index in [0.29, 0.717) is 5.69 Å². The van der Waals surface area contributed by atoms with Crippen LogP contribution < -0.4 is 5.56 Å². The summed E-state index contributed by atoms with van der Waals surface area (Å²) in [5, 5.41) is 4.09. The molecule has 1 amide bonds. The molecule has 0 fully saturated rings. The maximum absolute atomic E-state index is 13.2. The van der Waals surface area contributed by atoms with Gasteiger partial charge in [0.15, 0.2) is 5.58 Å². The highest BCUT2D eigenvalue weighted by atomic mass is 19.4. The highest BCUT2D eigenvalue weighted by Gasteiger charge is 2.34. The lowest BCUT2D eigenvalue weighted by Crippen LogP contribution is -2.49. The molecule has 1 aliphatic rings. The second-order valence-electron chi connectivity index (χ2n) is 8.06. The second-order valence-corrected chi connectivity index (χ2v) is 8.06. The average molecular weight is 457 g/mol. The first-order chi connectivity index (χ1) is 15.6. The Bertz CT molecular complexity index is 1450. The Balaban J connectivity index is 1.50. The summed E-state index contributed by atoms with van der Waals surface area (Å²) >= 11 is 0. The minimum Gasteiger partial charge on any atom is -0.356 e. The number of aryl methyl sites for hydroxylation is 1. The molecule has 0 radical (unpaired) electrons. The van der Waals surface area contributed by atoms with Crippen molar-refractivity contribution in [3.63, 3.8) is 0 Å². The van der Waals surface area contributed by atoms with Crippen LogP contribution in [-0.4, -0.2) is 36.1 Å². The standard InChI is InChI=1S/C22H18F3N5O3/c1-12-8-28(11-26-12)17-4-5-18-21(32)29(13(2)9-30(18)20(17)31)10-16-15-7-14(22(23,24)25)3-6-19(15)33-27-16/h3-8,11,13H,9-10H2,1-2H3/t13-/m1/s1. The van der Waals surface area contributed by atoms with E-state index in [-0.39, 0.29) is 41.0 Å². The van der Waals surface area contributed by atoms with Crippen LogP contribution in [0, 0.1) is 6.92 Å². The van der Waals surface area contributed by atoms with Gasteiger partial charge in [-0.3, -0.25) is 9.59 Å². The molecule has 0 unspecified atom stereocenters. The van der Waals surface area contributed by atoms with E-state index in [1.807, 2.05) is 0 Å². The molecular formula is C22H18F3N5O3. The zero-order valence-electron chi connectivity index (χ0n) is 17.6. The van der Waals surface area contributed by atoms with Gasteiger partial charge in [0, 0.05) is 24.2 Å². The van der Waals surface area contributed by atoms with E-state index in [4.69, 9.17) is 4.52 Å². The lowest BCUT2D eigenvalue weighted by molar-refractivity contribution is -0.137. The van der Waals surface area contributed by atoms with Crippen LogP contribution in [0.4, 0.5) is 13.2 Å². The monoisotopic (exact) mass is 457 g/mol. The number of nitrogens with zero attached hydrogens (tertiary/aromatic N) is 5. The van der Waals surface area contributed by atoms with Gasteiger partial charge in [-0.25, -0.2) is 4.98 Å². The molecular weight excluding hydrogens is 439 g/mol. The summed E-state index contributed by atoms with van der Waals surface area (Å²) in [5.41, 5.74) is 0.589. The number of aromatic nitrogens is 4. The lowest BCUT2D eigenvalue weighted by atomic mass is 10.1. The van der Waals surface area contributed by atoms with Gasteiger partial charge in [-0.05, 0) is 44.2 Å². The molecule has 11 heteroatoms. The van der Waals surface area contributed by atoms with E-state index in [1.165, 1.54) is 21.9 Å². The number of halogens is 3. The van der Waals surface area contributed by atoms with Crippen LogP contribution in [0.1, 0.15) is 34.4 Å². The molecule has 0 aliphatic carbocycles. The number of pyridine rings is 1. The zero-order chi connectivity index (χ0) is 23.5. The van der Waals surface area contributed by atoms with Crippen molar-refractivity contribution >= 4 is 16.9 Å². The molecule has 1 atom stereocenters. The van der Waals surface area contributed by atoms with Gasteiger partial charge in [-0.15, -0.1) is 0 Å². The third-order valence-electron chi connectivity index (χ3n) is 5.79. The van der Waals surface area contributed by atoms with Gasteiger partial charge in [0.25, 0.3) is 11.5 Å². The molecule has 0 spiro atoms. The summed E-state index contributed by atoms with van der Waals surface area (Å²) in [6.07, 6.45) is -1.26. The first-order valence-electron chi connectivity index (χ1n) is 10.1. The van der Waals surface area contributed by atoms with Crippen molar-refractivity contribution in [3.05, 3.63) is 75.9 Å². The molecule has 4 heterocycles. The lowest BCUT2D eigenvalue weighted by Gasteiger charge is -2.35. The van der Waals surface area contributed by atoms with Crippen molar-refractivity contribution in [1.29, 1.82) is 0 Å². The van der Waals surface area contributed by atoms with Crippen molar-refractivity contribution in [2.45, 2.75) is 39.2 Å². The van der Waals surface area contributed by atoms with E-state index in [1.54, 1.807) is 36.7 Å². The Morgan fingerprint density at radius 2 is 1.97 bits per heavy atom. The molecule has 1 aromatic carbocycles. The van der Waals surface area contributed by atoms with Crippen molar-refractivity contribution in [1.82, 2.24) is 24.2 Å². The van der Waals surface area contributed by atoms with Crippen molar-refractivity contribution < 1.29 is 22.5 Å². The Morgan fingerprint density at radius 3 is 2.67 bits per heavy atom. The van der Waals surface area contributed by atoms with Gasteiger partial charge in [-0.1, -0.05) is 5.16 Å². The molecule has 170 valence electrons. The summed E-state index contributed by atoms with van der Waals surface area (Å²) in [7, 11) is 0. The quantitative estimate of drug-likeness (QED) is 0.470. The van der Waals surface area contributed by atoms with Crippen LogP contribution in [0.5, 0.6) is 0 Å². The Morgan fingerprint density at radius 1 is 1.18 bits per heavy atom. The van der Waals surface area contributed by atoms with E-state index in [0.717, 1.165) is 17.8 Å². The summed E-state index contributed by atoms with van der Waals surface area (Å²) in [6, 6.07) is 5.83. The number of alkyl halides is 3. The predicted molar refractivity (Wildman–Crippen MR) is 111 cm³/mol. The third-order valence-corrected chi connectivity index (χ3v) is 5.79. The van der Waals surface area contributed by atoms with Gasteiger partial charge >= 0.3 is 6.18 Å². The van der Waals surface area contributed by atoms with Crippen LogP contribution in [0.25, 0.3) is 16.7 Å². The highest BCUT2D eigenvalue weighted by molar-refractivity contribution is 5.94. The van der Waals surface area contributed by atoms with Crippen molar-refractivity contribution in [2.24, 2.45) is 0 Å². The minimum absolute atomic E-state index is 0.0506. The minimum atomic E-state index is -4.51. The summed E-state index contributed by atoms with van der Waals surface area (Å²) in [6.45, 7) is 3.75. The van der Waals surface area contributed by atoms with Crippen LogP contribution in [0.2, 0.25) is 0 Å². The Hall–Kier alpha value is -3.89. The smallest absolute Gasteiger partial charge is 0.356 e. The summed E-state index contributed by atoms with van der Waals surface area (Å²) in [5.74, 6) is -0.415. The fourth-order valence-electron chi connectivity index (χ4n) is 4.06. The number of imidazole rings is 1. The predicted octanol–water partition coefficient (Wildman–Crippen LogP) is 3.55. The van der Waals surface area contributed by atoms with Gasteiger partial charge in [-0.2, -0.15) is 13.2 Å². The zero-order valence-corrected chi connectivity index (χ0v) is 17.6. The third kappa shape index (κ3) is 3.49. The van der Waals surface area contributed by atoms with Gasteiger partial charge in [0.05, 0.1) is 24.1 Å². The van der Waals surface area contributed by atoms with Crippen LogP contribution >= 0.6 is 0 Å². The number of amides is 1. The number of fused-ring (bicyclic) bond motifs is 2. The van der Waals surface area contributed by atoms with E-state index < -0.39 is 23.7 Å². The van der Waals surface area contributed by atoms with E-state index >= 15 is 0 Å². The van der Waals surface area contributed by atoms with Gasteiger partial charge in [0.2, 0.25) is 0 Å². The Kier molecular flexibility index (Phi) is 4.66. The van der Waals surface area contributed by atoms with Crippen LogP contribution in [0.3, 0.4) is 0 Å². The molecule has 4 aromatic rings. The molecule has 0 saturated carbocycles. The van der Waals surface area contributed by atoms with Crippen LogP contribution in [0.15, 0.2) is 52.2 Å². The fourth-order valence-corrected chi connectivity index (χ4v) is 4.06. The molecule has 0 bridgehead atoms. The second kappa shape index (κ2) is 7.32. The van der Waals surface area contributed by atoms with Gasteiger partial charge < -0.3 is 18.6 Å².